The summed E-state index contributed by atoms with van der Waals surface area (Å²) < 4.78 is 23.4. The van der Waals surface area contributed by atoms with Gasteiger partial charge in [0.05, 0.1) is 0 Å². The van der Waals surface area contributed by atoms with E-state index in [0.29, 0.717) is 0 Å². The fourth-order valence-corrected chi connectivity index (χ4v) is 10.5. The molecule has 9 heteroatoms. The van der Waals surface area contributed by atoms with Crippen molar-refractivity contribution in [3.05, 3.63) is 91.0 Å². The molecule has 3 aromatic carbocycles. The molecule has 0 unspecified atom stereocenters. The zero-order valence-electron chi connectivity index (χ0n) is 21.5. The van der Waals surface area contributed by atoms with Gasteiger partial charge in [-0.05, 0) is 0 Å². The molecule has 0 bridgehead atoms. The van der Waals surface area contributed by atoms with Gasteiger partial charge in [-0.3, -0.25) is 0 Å². The van der Waals surface area contributed by atoms with Gasteiger partial charge in [0.1, 0.15) is 0 Å². The third kappa shape index (κ3) is 9.18. The van der Waals surface area contributed by atoms with Crippen molar-refractivity contribution < 1.29 is 26.7 Å². The summed E-state index contributed by atoms with van der Waals surface area (Å²) in [5, 5.41) is 9.23. The molecule has 0 spiro atoms. The minimum absolute atomic E-state index is 0. The first-order valence-electron chi connectivity index (χ1n) is 12.7. The summed E-state index contributed by atoms with van der Waals surface area (Å²) in [7, 11) is 0. The Balaban J connectivity index is 0.00000241. The van der Waals surface area contributed by atoms with Crippen LogP contribution in [-0.2, 0) is 16.7 Å². The van der Waals surface area contributed by atoms with Crippen LogP contribution in [0.1, 0.15) is 19.3 Å². The predicted octanol–water partition coefficient (Wildman–Crippen LogP) is 6.13. The summed E-state index contributed by atoms with van der Waals surface area (Å²) in [4.78, 5) is 0. The van der Waals surface area contributed by atoms with E-state index in [0.717, 1.165) is 75.8 Å². The molecule has 0 atom stereocenters. The maximum atomic E-state index is 6.99. The van der Waals surface area contributed by atoms with E-state index in [2.05, 4.69) is 19.2 Å². The molecule has 1 aliphatic rings. The summed E-state index contributed by atoms with van der Waals surface area (Å²) in [6.07, 6.45) is 3.11. The van der Waals surface area contributed by atoms with Gasteiger partial charge in [-0.15, -0.1) is 24.8 Å². The molecular weight excluding hydrogens is 545 g/mol. The molecule has 203 valence electrons. The summed E-state index contributed by atoms with van der Waals surface area (Å²) in [6.45, 7) is 5.56. The van der Waals surface area contributed by atoms with Crippen molar-refractivity contribution in [1.29, 1.82) is 0 Å². The van der Waals surface area contributed by atoms with Gasteiger partial charge in [0.25, 0.3) is 0 Å². The van der Waals surface area contributed by atoms with Crippen LogP contribution in [0.15, 0.2) is 91.0 Å². The van der Waals surface area contributed by atoms with E-state index in [4.69, 9.17) is 9.96 Å². The third-order valence-electron chi connectivity index (χ3n) is 6.25. The van der Waals surface area contributed by atoms with Gasteiger partial charge in [-0.1, -0.05) is 0 Å². The fraction of sp³-hybridized carbons (Fsp3) is 0.357. The summed E-state index contributed by atoms with van der Waals surface area (Å²) >= 11 is -4.91. The Morgan fingerprint density at radius 1 is 0.541 bits per heavy atom. The van der Waals surface area contributed by atoms with Crippen LogP contribution in [0, 0.1) is 0 Å². The van der Waals surface area contributed by atoms with Crippen LogP contribution in [0.2, 0.25) is 5.23 Å². The Bertz CT molecular complexity index is 903. The molecule has 1 aliphatic heterocycles. The third-order valence-corrected chi connectivity index (χ3v) is 12.4. The molecule has 4 rings (SSSR count). The van der Waals surface area contributed by atoms with Crippen molar-refractivity contribution in [1.82, 2.24) is 14.0 Å². The minimum atomic E-state index is -4.91. The Labute approximate surface area is 236 Å². The first-order chi connectivity index (χ1) is 17.1. The van der Waals surface area contributed by atoms with Crippen LogP contribution in [0.3, 0.4) is 0 Å². The van der Waals surface area contributed by atoms with Gasteiger partial charge in [-0.25, -0.2) is 0 Å². The second-order valence-electron chi connectivity index (χ2n) is 9.15. The van der Waals surface area contributed by atoms with Crippen molar-refractivity contribution in [3.8, 4) is 17.2 Å². The summed E-state index contributed by atoms with van der Waals surface area (Å²) in [5.74, 6) is 2.25. The van der Waals surface area contributed by atoms with Crippen molar-refractivity contribution in [2.75, 3.05) is 39.3 Å². The van der Waals surface area contributed by atoms with E-state index in [1.54, 1.807) is 0 Å². The Morgan fingerprint density at radius 2 is 0.865 bits per heavy atom. The number of rotatable bonds is 7. The molecule has 6 nitrogen and oxygen atoms in total. The number of para-hydroxylation sites is 3. The van der Waals surface area contributed by atoms with Gasteiger partial charge in [0.2, 0.25) is 0 Å². The molecule has 0 amide bonds. The molecule has 2 N–H and O–H groups in total. The van der Waals surface area contributed by atoms with Crippen LogP contribution in [0.5, 0.6) is 17.2 Å². The fourth-order valence-electron chi connectivity index (χ4n) is 4.51. The van der Waals surface area contributed by atoms with Gasteiger partial charge < -0.3 is 0 Å². The van der Waals surface area contributed by atoms with Gasteiger partial charge in [0.15, 0.2) is 0 Å². The Hall–Kier alpha value is -1.77. The van der Waals surface area contributed by atoms with Gasteiger partial charge >= 0.3 is 213 Å². The molecule has 1 fully saturated rings. The zero-order chi connectivity index (χ0) is 24.3. The van der Waals surface area contributed by atoms with Crippen LogP contribution in [0.25, 0.3) is 0 Å². The number of nitrogens with one attached hydrogen (secondary N) is 2. The first-order valence-corrected chi connectivity index (χ1v) is 16.9. The molecule has 37 heavy (non-hydrogen) atoms. The van der Waals surface area contributed by atoms with Crippen LogP contribution >= 0.6 is 24.8 Å². The molecule has 3 aromatic rings. The summed E-state index contributed by atoms with van der Waals surface area (Å²) in [5.41, 5.74) is 0. The van der Waals surface area contributed by atoms with Crippen molar-refractivity contribution >= 4 is 24.8 Å². The normalized spacial score (nSPS) is 16.7. The Morgan fingerprint density at radius 3 is 1.22 bits per heavy atom. The molecule has 0 saturated carbocycles. The van der Waals surface area contributed by atoms with E-state index < -0.39 is 16.7 Å². The predicted molar refractivity (Wildman–Crippen MR) is 153 cm³/mol. The van der Waals surface area contributed by atoms with Crippen LogP contribution in [0.4, 0.5) is 0 Å². The number of halogens is 2. The molecule has 1 heterocycles. The molecule has 0 radical (unpaired) electrons. The van der Waals surface area contributed by atoms with Crippen molar-refractivity contribution in [3.63, 3.8) is 0 Å². The monoisotopic (exact) mass is 584 g/mol. The second-order valence-corrected chi connectivity index (χ2v) is 15.3. The second kappa shape index (κ2) is 15.6. The van der Waals surface area contributed by atoms with E-state index in [9.17, 15) is 0 Å². The average molecular weight is 585 g/mol. The molecule has 0 aliphatic carbocycles. The van der Waals surface area contributed by atoms with E-state index in [1.165, 1.54) is 0 Å². The van der Waals surface area contributed by atoms with E-state index in [1.807, 2.05) is 91.0 Å². The van der Waals surface area contributed by atoms with Crippen LogP contribution < -0.4 is 20.6 Å². The number of nitrogens with zero attached hydrogens (tertiary/aromatic N) is 1. The topological polar surface area (TPSA) is 55.0 Å². The van der Waals surface area contributed by atoms with Crippen LogP contribution in [-0.4, -0.2) is 42.7 Å². The quantitative estimate of drug-likeness (QED) is 0.326. The average Bonchev–Trinajstić information content (AvgIpc) is 2.86. The molecular formula is C28H40Cl2N3O3Ti. The number of hydrogen-bond donors (Lipinski definition) is 2. The van der Waals surface area contributed by atoms with Crippen molar-refractivity contribution in [2.45, 2.75) is 24.5 Å². The van der Waals surface area contributed by atoms with E-state index >= 15 is 0 Å². The molecule has 1 saturated heterocycles. The van der Waals surface area contributed by atoms with Gasteiger partial charge in [-0.2, -0.15) is 0 Å². The number of benzene rings is 3. The SMILES string of the molecule is Cl.Cl.[CH3][Ti]([O]c1ccccc1)([O]c1ccccc1)([O]c1ccccc1)[N]1CCCNCCCNCCC1. The first kappa shape index (κ1) is 31.5. The van der Waals surface area contributed by atoms with E-state index in [-0.39, 0.29) is 24.8 Å². The molecule has 0 aromatic heterocycles. The number of hydrogen-bond acceptors (Lipinski definition) is 6. The van der Waals surface area contributed by atoms with Crippen molar-refractivity contribution in [2.24, 2.45) is 0 Å². The zero-order valence-corrected chi connectivity index (χ0v) is 24.7. The van der Waals surface area contributed by atoms with Gasteiger partial charge in [0, 0.05) is 0 Å². The summed E-state index contributed by atoms with van der Waals surface area (Å²) in [6, 6.07) is 29.8. The maximum absolute atomic E-state index is 6.99. The standard InChI is InChI=1S/C9H20N3.3C6H6O.CH3.2ClH.Ti/c1-4-10-6-2-8-12-9-3-7-11-5-1;3*7-6-4-2-1-3-5-6;;;;/h10-11H,1-9H2;3*1-5,7H;1H3;2*1H;/q-1;;;;;;;+4/p-3. The Kier molecular flexibility index (Phi) is 13.3.